The highest BCUT2D eigenvalue weighted by atomic mass is 16.5. The molecule has 0 bridgehead atoms. The average molecular weight is 449 g/mol. The van der Waals surface area contributed by atoms with Crippen molar-refractivity contribution >= 4 is 11.6 Å². The Kier molecular flexibility index (Phi) is 10.9. The van der Waals surface area contributed by atoms with Crippen molar-refractivity contribution in [2.45, 2.75) is 32.6 Å². The highest BCUT2D eigenvalue weighted by molar-refractivity contribution is 5.94. The summed E-state index contributed by atoms with van der Waals surface area (Å²) < 4.78 is 22.2. The smallest absolute Gasteiger partial charge is 0.195 e. The number of ether oxygens (including phenoxy) is 4. The second-order valence-electron chi connectivity index (χ2n) is 8.37. The molecule has 1 unspecified atom stereocenters. The number of likely N-dealkylation sites (tertiary alicyclic amines) is 1. The molecule has 1 aromatic rings. The van der Waals surface area contributed by atoms with Gasteiger partial charge in [-0.3, -0.25) is 4.99 Å². The zero-order valence-electron chi connectivity index (χ0n) is 19.7. The Morgan fingerprint density at radius 3 is 2.91 bits per heavy atom. The number of fused-ring (bicyclic) bond motifs is 1. The number of hydrogen-bond acceptors (Lipinski definition) is 6. The molecular weight excluding hydrogens is 408 g/mol. The van der Waals surface area contributed by atoms with Crippen LogP contribution in [0.3, 0.4) is 0 Å². The molecule has 1 aromatic carbocycles. The van der Waals surface area contributed by atoms with Crippen LogP contribution >= 0.6 is 0 Å². The largest absolute Gasteiger partial charge is 0.490 e. The fourth-order valence-corrected chi connectivity index (χ4v) is 3.94. The fourth-order valence-electron chi connectivity index (χ4n) is 3.94. The van der Waals surface area contributed by atoms with Crippen LogP contribution in [0.4, 0.5) is 5.69 Å². The molecular formula is C24H40N4O4. The number of guanidine groups is 1. The monoisotopic (exact) mass is 448 g/mol. The van der Waals surface area contributed by atoms with Crippen molar-refractivity contribution in [2.24, 2.45) is 10.9 Å². The van der Waals surface area contributed by atoms with Crippen LogP contribution in [0.5, 0.6) is 11.5 Å². The first kappa shape index (κ1) is 24.6. The normalized spacial score (nSPS) is 19.1. The third-order valence-corrected chi connectivity index (χ3v) is 5.62. The second kappa shape index (κ2) is 14.2. The molecule has 180 valence electrons. The maximum absolute atomic E-state index is 5.83. The molecule has 0 aromatic heterocycles. The molecule has 8 nitrogen and oxygen atoms in total. The van der Waals surface area contributed by atoms with Gasteiger partial charge in [-0.15, -0.1) is 0 Å². The highest BCUT2D eigenvalue weighted by Crippen LogP contribution is 2.32. The molecule has 3 rings (SSSR count). The van der Waals surface area contributed by atoms with E-state index in [2.05, 4.69) is 22.5 Å². The van der Waals surface area contributed by atoms with Gasteiger partial charge in [0.15, 0.2) is 17.5 Å². The lowest BCUT2D eigenvalue weighted by atomic mass is 10.1. The average Bonchev–Trinajstić information content (AvgIpc) is 3.11. The van der Waals surface area contributed by atoms with Crippen molar-refractivity contribution in [3.05, 3.63) is 18.2 Å². The quantitative estimate of drug-likeness (QED) is 0.289. The van der Waals surface area contributed by atoms with Crippen LogP contribution < -0.4 is 20.1 Å². The predicted molar refractivity (Wildman–Crippen MR) is 128 cm³/mol. The summed E-state index contributed by atoms with van der Waals surface area (Å²) in [5.41, 5.74) is 0.941. The first-order chi connectivity index (χ1) is 15.8. The summed E-state index contributed by atoms with van der Waals surface area (Å²) in [5, 5.41) is 6.90. The van der Waals surface area contributed by atoms with Gasteiger partial charge in [-0.2, -0.15) is 0 Å². The van der Waals surface area contributed by atoms with Gasteiger partial charge in [0.25, 0.3) is 0 Å². The van der Waals surface area contributed by atoms with Gasteiger partial charge in [-0.1, -0.05) is 6.92 Å². The number of anilines is 1. The van der Waals surface area contributed by atoms with Crippen molar-refractivity contribution in [2.75, 3.05) is 78.2 Å². The Morgan fingerprint density at radius 2 is 2.06 bits per heavy atom. The van der Waals surface area contributed by atoms with E-state index in [1.807, 2.05) is 18.2 Å². The summed E-state index contributed by atoms with van der Waals surface area (Å²) in [6.45, 7) is 10.7. The van der Waals surface area contributed by atoms with Gasteiger partial charge in [0, 0.05) is 51.5 Å². The first-order valence-corrected chi connectivity index (χ1v) is 12.0. The van der Waals surface area contributed by atoms with Crippen LogP contribution in [0.2, 0.25) is 0 Å². The lowest BCUT2D eigenvalue weighted by Gasteiger charge is -2.16. The molecule has 2 aliphatic rings. The molecule has 8 heteroatoms. The van der Waals surface area contributed by atoms with Crippen molar-refractivity contribution in [1.82, 2.24) is 10.2 Å². The van der Waals surface area contributed by atoms with E-state index < -0.39 is 0 Å². The second-order valence-corrected chi connectivity index (χ2v) is 8.37. The molecule has 0 saturated carbocycles. The molecule has 2 N–H and O–H groups in total. The molecule has 0 aliphatic carbocycles. The summed E-state index contributed by atoms with van der Waals surface area (Å²) in [7, 11) is 1.69. The highest BCUT2D eigenvalue weighted by Gasteiger charge is 2.21. The number of methoxy groups -OCH3 is 1. The Bertz CT molecular complexity index is 701. The Hall–Kier alpha value is -2.03. The van der Waals surface area contributed by atoms with Crippen molar-refractivity contribution < 1.29 is 18.9 Å². The zero-order chi connectivity index (χ0) is 22.4. The third kappa shape index (κ3) is 8.48. The third-order valence-electron chi connectivity index (χ3n) is 5.62. The molecule has 32 heavy (non-hydrogen) atoms. The minimum Gasteiger partial charge on any atom is -0.490 e. The summed E-state index contributed by atoms with van der Waals surface area (Å²) in [6, 6.07) is 5.96. The van der Waals surface area contributed by atoms with Gasteiger partial charge in [-0.05, 0) is 50.4 Å². The summed E-state index contributed by atoms with van der Waals surface area (Å²) in [4.78, 5) is 7.45. The fraction of sp³-hybridized carbons (Fsp3) is 0.708. The lowest BCUT2D eigenvalue weighted by Crippen LogP contribution is -2.33. The first-order valence-electron chi connectivity index (χ1n) is 12.0. The van der Waals surface area contributed by atoms with Gasteiger partial charge >= 0.3 is 0 Å². The van der Waals surface area contributed by atoms with E-state index in [1.54, 1.807) is 7.11 Å². The summed E-state index contributed by atoms with van der Waals surface area (Å²) >= 11 is 0. The maximum Gasteiger partial charge on any atom is 0.195 e. The van der Waals surface area contributed by atoms with E-state index in [-0.39, 0.29) is 0 Å². The Labute approximate surface area is 192 Å². The number of benzene rings is 1. The molecule has 0 radical (unpaired) electrons. The van der Waals surface area contributed by atoms with Crippen LogP contribution in [-0.2, 0) is 9.47 Å². The summed E-state index contributed by atoms with van der Waals surface area (Å²) in [6.07, 6.45) is 4.23. The van der Waals surface area contributed by atoms with E-state index >= 15 is 0 Å². The number of nitrogens with one attached hydrogen (secondary N) is 2. The van der Waals surface area contributed by atoms with E-state index in [1.165, 1.54) is 25.9 Å². The van der Waals surface area contributed by atoms with Crippen LogP contribution in [0.15, 0.2) is 23.2 Å². The van der Waals surface area contributed by atoms with Crippen LogP contribution in [-0.4, -0.2) is 83.7 Å². The molecule has 2 aliphatic heterocycles. The van der Waals surface area contributed by atoms with Gasteiger partial charge in [0.2, 0.25) is 0 Å². The van der Waals surface area contributed by atoms with Crippen molar-refractivity contribution in [3.63, 3.8) is 0 Å². The number of aliphatic imine (C=N–C) groups is 1. The van der Waals surface area contributed by atoms with E-state index in [9.17, 15) is 0 Å². The Morgan fingerprint density at radius 1 is 1.19 bits per heavy atom. The van der Waals surface area contributed by atoms with E-state index in [4.69, 9.17) is 23.9 Å². The standard InChI is InChI=1S/C24H40N4O4/c1-3-10-28-11-8-20(19-28)18-26-24(25-9-4-12-30-16-15-29-2)27-21-6-7-22-23(17-21)32-14-5-13-31-22/h6-7,17,20H,3-5,8-16,18-19H2,1-2H3,(H2,25,26,27). The van der Waals surface area contributed by atoms with Gasteiger partial charge in [-0.25, -0.2) is 0 Å². The number of rotatable bonds is 12. The minimum atomic E-state index is 0.612. The maximum atomic E-state index is 5.83. The molecule has 0 amide bonds. The minimum absolute atomic E-state index is 0.612. The van der Waals surface area contributed by atoms with Crippen molar-refractivity contribution in [1.29, 1.82) is 0 Å². The SMILES string of the molecule is CCCN1CCC(CN=C(NCCCOCCOC)Nc2ccc3c(c2)OCCCO3)C1. The van der Waals surface area contributed by atoms with Gasteiger partial charge < -0.3 is 34.5 Å². The summed E-state index contributed by atoms with van der Waals surface area (Å²) in [5.74, 6) is 2.99. The molecule has 1 atom stereocenters. The van der Waals surface area contributed by atoms with E-state index in [0.29, 0.717) is 39.0 Å². The number of hydrogen-bond donors (Lipinski definition) is 2. The molecule has 1 fully saturated rings. The van der Waals surface area contributed by atoms with Gasteiger partial charge in [0.05, 0.1) is 26.4 Å². The zero-order valence-corrected chi connectivity index (χ0v) is 19.7. The van der Waals surface area contributed by atoms with Crippen LogP contribution in [0.1, 0.15) is 32.6 Å². The van der Waals surface area contributed by atoms with Crippen LogP contribution in [0.25, 0.3) is 0 Å². The topological polar surface area (TPSA) is 76.6 Å². The van der Waals surface area contributed by atoms with E-state index in [0.717, 1.165) is 55.6 Å². The predicted octanol–water partition coefficient (Wildman–Crippen LogP) is 2.99. The Balaban J connectivity index is 1.55. The number of nitrogens with zero attached hydrogens (tertiary/aromatic N) is 2. The molecule has 2 heterocycles. The molecule has 1 saturated heterocycles. The lowest BCUT2D eigenvalue weighted by molar-refractivity contribution is 0.0699. The van der Waals surface area contributed by atoms with Crippen molar-refractivity contribution in [3.8, 4) is 11.5 Å². The molecule has 0 spiro atoms. The van der Waals surface area contributed by atoms with Gasteiger partial charge in [0.1, 0.15) is 0 Å². The van der Waals surface area contributed by atoms with Crippen LogP contribution in [0, 0.1) is 5.92 Å².